The summed E-state index contributed by atoms with van der Waals surface area (Å²) in [6, 6.07) is 32.3. The van der Waals surface area contributed by atoms with E-state index in [1.807, 2.05) is 60.7 Å². The number of ether oxygens (including phenoxy) is 1. The summed E-state index contributed by atoms with van der Waals surface area (Å²) < 4.78 is 8.41. The Hall–Kier alpha value is -4.64. The van der Waals surface area contributed by atoms with Crippen molar-refractivity contribution in [1.82, 2.24) is 14.5 Å². The van der Waals surface area contributed by atoms with Crippen molar-refractivity contribution in [2.75, 3.05) is 0 Å². The molecule has 206 valence electrons. The summed E-state index contributed by atoms with van der Waals surface area (Å²) in [6.45, 7) is 12.9. The van der Waals surface area contributed by atoms with Crippen LogP contribution < -0.4 is 4.74 Å². The zero-order chi connectivity index (χ0) is 28.9. The van der Waals surface area contributed by atoms with Crippen molar-refractivity contribution in [2.24, 2.45) is 0 Å². The molecule has 1 N–H and O–H groups in total. The lowest BCUT2D eigenvalue weighted by Crippen LogP contribution is -2.17. The van der Waals surface area contributed by atoms with Crippen LogP contribution >= 0.6 is 0 Å². The number of phenols is 1. The summed E-state index contributed by atoms with van der Waals surface area (Å²) in [4.78, 5) is 9.77. The Morgan fingerprint density at radius 1 is 0.659 bits per heavy atom. The second-order valence-electron chi connectivity index (χ2n) is 12.6. The lowest BCUT2D eigenvalue weighted by molar-refractivity contribution is 0.443. The zero-order valence-corrected chi connectivity index (χ0v) is 24.4. The molecule has 0 amide bonds. The monoisotopic (exact) mass is 541 g/mol. The maximum absolute atomic E-state index is 11.4. The van der Waals surface area contributed by atoms with E-state index in [4.69, 9.17) is 14.7 Å². The number of benzene rings is 3. The predicted octanol–water partition coefficient (Wildman–Crippen LogP) is 9.33. The first kappa shape index (κ1) is 26.6. The Kier molecular flexibility index (Phi) is 6.33. The minimum absolute atomic E-state index is 0.0902. The molecular formula is C36H35N3O2. The van der Waals surface area contributed by atoms with Crippen LogP contribution in [0.5, 0.6) is 17.5 Å². The summed E-state index contributed by atoms with van der Waals surface area (Å²) in [5.41, 5.74) is 6.00. The summed E-state index contributed by atoms with van der Waals surface area (Å²) in [5.74, 6) is 1.11. The smallest absolute Gasteiger partial charge is 0.223 e. The number of phenolic OH excluding ortho intramolecular Hbond substituents is 1. The van der Waals surface area contributed by atoms with E-state index in [0.717, 1.165) is 38.8 Å². The van der Waals surface area contributed by atoms with E-state index in [1.165, 1.54) is 0 Å². The van der Waals surface area contributed by atoms with Crippen molar-refractivity contribution in [3.05, 3.63) is 108 Å². The van der Waals surface area contributed by atoms with Crippen molar-refractivity contribution in [2.45, 2.75) is 52.4 Å². The molecule has 6 aromatic rings. The van der Waals surface area contributed by atoms with Crippen molar-refractivity contribution in [3.63, 3.8) is 0 Å². The van der Waals surface area contributed by atoms with Crippen molar-refractivity contribution in [3.8, 4) is 34.5 Å². The fourth-order valence-electron chi connectivity index (χ4n) is 5.28. The van der Waals surface area contributed by atoms with Gasteiger partial charge in [0.1, 0.15) is 11.4 Å². The molecule has 5 heteroatoms. The molecule has 0 unspecified atom stereocenters. The third-order valence-corrected chi connectivity index (χ3v) is 7.50. The van der Waals surface area contributed by atoms with Crippen LogP contribution in [-0.2, 0) is 10.8 Å². The molecule has 0 bridgehead atoms. The molecule has 6 rings (SSSR count). The third kappa shape index (κ3) is 4.93. The standard InChI is InChI=1S/C36H35N3O2/c1-35(2,3)23-21-27(33(40)28(22-23)36(4,5)6)29-16-12-18-31(37-29)41-32-20-19-26-25-15-10-11-17-30(25)39(34(26)38-32)24-13-8-7-9-14-24/h7-22,40H,1-6H3. The molecule has 3 aromatic heterocycles. The Morgan fingerprint density at radius 3 is 2.10 bits per heavy atom. The van der Waals surface area contributed by atoms with Gasteiger partial charge in [-0.25, -0.2) is 4.98 Å². The highest BCUT2D eigenvalue weighted by Gasteiger charge is 2.26. The van der Waals surface area contributed by atoms with Crippen molar-refractivity contribution >= 4 is 21.9 Å². The Bertz CT molecular complexity index is 1890. The first-order valence-corrected chi connectivity index (χ1v) is 14.0. The molecule has 0 aliphatic carbocycles. The van der Waals surface area contributed by atoms with E-state index in [1.54, 1.807) is 0 Å². The summed E-state index contributed by atoms with van der Waals surface area (Å²) in [6.07, 6.45) is 0. The molecule has 0 saturated carbocycles. The highest BCUT2D eigenvalue weighted by molar-refractivity contribution is 6.08. The summed E-state index contributed by atoms with van der Waals surface area (Å²) in [5, 5.41) is 13.6. The summed E-state index contributed by atoms with van der Waals surface area (Å²) >= 11 is 0. The number of hydrogen-bond acceptors (Lipinski definition) is 4. The number of aromatic nitrogens is 3. The molecule has 0 spiro atoms. The minimum Gasteiger partial charge on any atom is -0.507 e. The van der Waals surface area contributed by atoms with Crippen LogP contribution in [-0.4, -0.2) is 19.6 Å². The molecule has 0 radical (unpaired) electrons. The lowest BCUT2D eigenvalue weighted by atomic mass is 9.78. The van der Waals surface area contributed by atoms with E-state index in [9.17, 15) is 5.11 Å². The largest absolute Gasteiger partial charge is 0.507 e. The van der Waals surface area contributed by atoms with E-state index in [-0.39, 0.29) is 16.6 Å². The fraction of sp³-hybridized carbons (Fsp3) is 0.222. The van der Waals surface area contributed by atoms with Gasteiger partial charge in [-0.05, 0) is 52.8 Å². The van der Waals surface area contributed by atoms with Crippen LogP contribution in [0.25, 0.3) is 38.9 Å². The number of aromatic hydroxyl groups is 1. The van der Waals surface area contributed by atoms with Gasteiger partial charge in [-0.15, -0.1) is 0 Å². The van der Waals surface area contributed by atoms with E-state index < -0.39 is 0 Å². The second-order valence-corrected chi connectivity index (χ2v) is 12.6. The van der Waals surface area contributed by atoms with Gasteiger partial charge in [0.05, 0.1) is 11.2 Å². The molecule has 0 aliphatic heterocycles. The minimum atomic E-state index is -0.231. The predicted molar refractivity (Wildman–Crippen MR) is 167 cm³/mol. The lowest BCUT2D eigenvalue weighted by Gasteiger charge is -2.27. The molecular weight excluding hydrogens is 506 g/mol. The van der Waals surface area contributed by atoms with Crippen LogP contribution in [0.4, 0.5) is 0 Å². The van der Waals surface area contributed by atoms with Gasteiger partial charge >= 0.3 is 0 Å². The highest BCUT2D eigenvalue weighted by atomic mass is 16.5. The third-order valence-electron chi connectivity index (χ3n) is 7.50. The van der Waals surface area contributed by atoms with Crippen molar-refractivity contribution in [1.29, 1.82) is 0 Å². The van der Waals surface area contributed by atoms with Gasteiger partial charge in [-0.2, -0.15) is 4.98 Å². The summed E-state index contributed by atoms with van der Waals surface area (Å²) in [7, 11) is 0. The average Bonchev–Trinajstić information content (AvgIpc) is 3.26. The number of pyridine rings is 2. The normalized spacial score (nSPS) is 12.2. The molecule has 0 saturated heterocycles. The average molecular weight is 542 g/mol. The maximum Gasteiger partial charge on any atom is 0.223 e. The fourth-order valence-corrected chi connectivity index (χ4v) is 5.28. The van der Waals surface area contributed by atoms with Crippen LogP contribution in [0.2, 0.25) is 0 Å². The first-order chi connectivity index (χ1) is 19.5. The SMILES string of the molecule is CC(C)(C)c1cc(-c2cccc(Oc3ccc4c5ccccc5n(-c5ccccc5)c4n3)n2)c(O)c(C(C)(C)C)c1. The van der Waals surface area contributed by atoms with E-state index in [2.05, 4.69) is 82.5 Å². The molecule has 0 aliphatic rings. The van der Waals surface area contributed by atoms with Gasteiger partial charge < -0.3 is 9.84 Å². The van der Waals surface area contributed by atoms with Gasteiger partial charge in [-0.3, -0.25) is 4.57 Å². The quantitative estimate of drug-likeness (QED) is 0.242. The molecule has 3 heterocycles. The molecule has 41 heavy (non-hydrogen) atoms. The molecule has 3 aromatic carbocycles. The van der Waals surface area contributed by atoms with Crippen LogP contribution in [0.3, 0.4) is 0 Å². The molecule has 0 fully saturated rings. The molecule has 5 nitrogen and oxygen atoms in total. The van der Waals surface area contributed by atoms with Gasteiger partial charge in [0.2, 0.25) is 11.8 Å². The van der Waals surface area contributed by atoms with Gasteiger partial charge in [0.15, 0.2) is 0 Å². The Balaban J connectivity index is 1.44. The van der Waals surface area contributed by atoms with Gasteiger partial charge in [0, 0.05) is 39.7 Å². The van der Waals surface area contributed by atoms with E-state index >= 15 is 0 Å². The number of para-hydroxylation sites is 2. The van der Waals surface area contributed by atoms with Gasteiger partial charge in [0.25, 0.3) is 0 Å². The van der Waals surface area contributed by atoms with Crippen LogP contribution in [0, 0.1) is 0 Å². The number of fused-ring (bicyclic) bond motifs is 3. The Morgan fingerprint density at radius 2 is 1.37 bits per heavy atom. The first-order valence-electron chi connectivity index (χ1n) is 14.0. The second kappa shape index (κ2) is 9.77. The maximum atomic E-state index is 11.4. The molecule has 0 atom stereocenters. The highest BCUT2D eigenvalue weighted by Crippen LogP contribution is 2.42. The Labute approximate surface area is 241 Å². The zero-order valence-electron chi connectivity index (χ0n) is 24.4. The van der Waals surface area contributed by atoms with Gasteiger partial charge in [-0.1, -0.05) is 90.1 Å². The number of rotatable bonds is 4. The number of nitrogens with zero attached hydrogens (tertiary/aromatic N) is 3. The van der Waals surface area contributed by atoms with Crippen LogP contribution in [0.1, 0.15) is 52.7 Å². The van der Waals surface area contributed by atoms with E-state index in [0.29, 0.717) is 23.0 Å². The number of hydrogen-bond donors (Lipinski definition) is 1. The van der Waals surface area contributed by atoms with Crippen molar-refractivity contribution < 1.29 is 9.84 Å². The topological polar surface area (TPSA) is 60.2 Å². The van der Waals surface area contributed by atoms with Crippen LogP contribution in [0.15, 0.2) is 97.1 Å².